The zero-order valence-corrected chi connectivity index (χ0v) is 25.1. The molecule has 0 aromatic carbocycles. The first-order valence-electron chi connectivity index (χ1n) is 15.4. The molecule has 204 valence electrons. The van der Waals surface area contributed by atoms with Crippen molar-refractivity contribution in [3.05, 3.63) is 45.9 Å². The molecule has 0 bridgehead atoms. The molecule has 5 aliphatic rings. The fraction of sp³-hybridized carbons (Fsp3) is 0.806. The highest BCUT2D eigenvalue weighted by Crippen LogP contribution is 2.78. The first-order chi connectivity index (χ1) is 17.0. The molecule has 0 heterocycles. The van der Waals surface area contributed by atoms with Gasteiger partial charge in [0.2, 0.25) is 0 Å². The van der Waals surface area contributed by atoms with Crippen molar-refractivity contribution in [2.75, 3.05) is 0 Å². The first kappa shape index (κ1) is 29.8. The molecule has 5 saturated carbocycles. The van der Waals surface area contributed by atoms with Crippen molar-refractivity contribution in [3.8, 4) is 0 Å². The van der Waals surface area contributed by atoms with E-state index in [2.05, 4.69) is 80.5 Å². The van der Waals surface area contributed by atoms with Gasteiger partial charge < -0.3 is 0 Å². The molecule has 2 unspecified atom stereocenters. The summed E-state index contributed by atoms with van der Waals surface area (Å²) in [5.41, 5.74) is 2.44. The van der Waals surface area contributed by atoms with Gasteiger partial charge in [0, 0.05) is 0 Å². The fourth-order valence-corrected chi connectivity index (χ4v) is 12.5. The van der Waals surface area contributed by atoms with E-state index in [9.17, 15) is 0 Å². The summed E-state index contributed by atoms with van der Waals surface area (Å²) in [6.45, 7) is 38.2. The zero-order chi connectivity index (χ0) is 27.2. The van der Waals surface area contributed by atoms with Crippen LogP contribution in [-0.2, 0) is 0 Å². The molecule has 0 amide bonds. The van der Waals surface area contributed by atoms with E-state index in [0.717, 1.165) is 35.5 Å². The minimum absolute atomic E-state index is 0.341. The van der Waals surface area contributed by atoms with E-state index in [4.69, 9.17) is 6.92 Å². The fourth-order valence-electron chi connectivity index (χ4n) is 12.5. The van der Waals surface area contributed by atoms with Gasteiger partial charge in [0.05, 0.1) is 0 Å². The van der Waals surface area contributed by atoms with Crippen LogP contribution in [0.15, 0.2) is 32.4 Å². The van der Waals surface area contributed by atoms with Crippen LogP contribution in [0.25, 0.3) is 0 Å². The topological polar surface area (TPSA) is 0 Å². The standard InChI is InChI=1S/C32H53.C2H4.C2H3/c1-9-22-14-17-29(6)20-21-32(11-3)24(27(22)29)12-13-26-30(7)18-15-23(10-2)28(4,5)25(30)16-19-31(26,32)8;2*1-2/h9,22-27H,1,6,10-21H2,2-5,7-8H3;1-2H2;1H,2H2/t22-,23?,24?,25+,26-,27-,29-,30+,31-,32-;;/m1../s1. The van der Waals surface area contributed by atoms with E-state index in [1.54, 1.807) is 0 Å². The zero-order valence-electron chi connectivity index (χ0n) is 25.1. The van der Waals surface area contributed by atoms with Crippen molar-refractivity contribution in [2.45, 2.75) is 119 Å². The second kappa shape index (κ2) is 10.4. The molecule has 36 heavy (non-hydrogen) atoms. The highest BCUT2D eigenvalue weighted by Gasteiger charge is 2.70. The minimum atomic E-state index is 0.341. The second-order valence-electron chi connectivity index (χ2n) is 14.6. The average Bonchev–Trinajstić information content (AvgIpc) is 3.22. The van der Waals surface area contributed by atoms with Crippen molar-refractivity contribution in [1.82, 2.24) is 0 Å². The summed E-state index contributed by atoms with van der Waals surface area (Å²) in [6, 6.07) is 0. The van der Waals surface area contributed by atoms with Gasteiger partial charge in [0.25, 0.3) is 0 Å². The monoisotopic (exact) mass is 492 g/mol. The van der Waals surface area contributed by atoms with Gasteiger partial charge in [-0.15, -0.1) is 19.7 Å². The lowest BCUT2D eigenvalue weighted by Gasteiger charge is -2.73. The lowest BCUT2D eigenvalue weighted by Crippen LogP contribution is -2.66. The Morgan fingerprint density at radius 3 is 2.06 bits per heavy atom. The van der Waals surface area contributed by atoms with Crippen molar-refractivity contribution in [2.24, 2.45) is 62.6 Å². The van der Waals surface area contributed by atoms with Crippen LogP contribution in [0.3, 0.4) is 0 Å². The van der Waals surface area contributed by atoms with Gasteiger partial charge in [0.15, 0.2) is 0 Å². The van der Waals surface area contributed by atoms with Crippen LogP contribution in [-0.4, -0.2) is 0 Å². The van der Waals surface area contributed by atoms with Crippen LogP contribution in [0, 0.1) is 76.1 Å². The van der Waals surface area contributed by atoms with E-state index >= 15 is 0 Å². The number of fused-ring (bicyclic) bond motifs is 7. The Labute approximate surface area is 226 Å². The SMILES string of the molecule is C=C.[CH2][C@]12CC[C@@H](C=C)[C@@H]1C1CC[C@@H]3[C@@]4(C)CCC(CC)C(C)(C)[C@@H]4CC[C@@]3(C)[C@]1(CC)CC2.[CH]=C. The van der Waals surface area contributed by atoms with Crippen molar-refractivity contribution >= 4 is 0 Å². The summed E-state index contributed by atoms with van der Waals surface area (Å²) in [5.74, 6) is 5.16. The van der Waals surface area contributed by atoms with Gasteiger partial charge in [-0.2, -0.15) is 0 Å². The van der Waals surface area contributed by atoms with Gasteiger partial charge in [0.1, 0.15) is 0 Å². The Morgan fingerprint density at radius 2 is 1.47 bits per heavy atom. The number of rotatable bonds is 3. The molecule has 0 spiro atoms. The van der Waals surface area contributed by atoms with Crippen LogP contribution in [0.1, 0.15) is 119 Å². The summed E-state index contributed by atoms with van der Waals surface area (Å²) in [4.78, 5) is 0. The highest BCUT2D eigenvalue weighted by molar-refractivity contribution is 5.21. The lowest BCUT2D eigenvalue weighted by molar-refractivity contribution is -0.246. The smallest absolute Gasteiger partial charge is 0.0199 e. The van der Waals surface area contributed by atoms with E-state index in [0.29, 0.717) is 27.1 Å². The predicted octanol–water partition coefficient (Wildman–Crippen LogP) is 10.9. The largest absolute Gasteiger partial charge is 0.106 e. The third kappa shape index (κ3) is 3.80. The molecule has 0 N–H and O–H groups in total. The molecule has 5 fully saturated rings. The molecular formula is C36H60. The molecule has 0 heteroatoms. The quantitative estimate of drug-likeness (QED) is 0.344. The van der Waals surface area contributed by atoms with E-state index in [1.165, 1.54) is 77.0 Å². The third-order valence-corrected chi connectivity index (χ3v) is 14.0. The predicted molar refractivity (Wildman–Crippen MR) is 159 cm³/mol. The van der Waals surface area contributed by atoms with Crippen molar-refractivity contribution in [3.63, 3.8) is 0 Å². The molecule has 0 nitrogen and oxygen atoms in total. The van der Waals surface area contributed by atoms with Gasteiger partial charge in [-0.3, -0.25) is 0 Å². The lowest BCUT2D eigenvalue weighted by atomic mass is 9.31. The Kier molecular flexibility index (Phi) is 8.61. The second-order valence-corrected chi connectivity index (χ2v) is 14.6. The van der Waals surface area contributed by atoms with Gasteiger partial charge >= 0.3 is 0 Å². The summed E-state index contributed by atoms with van der Waals surface area (Å²) in [7, 11) is 0. The Morgan fingerprint density at radius 1 is 0.806 bits per heavy atom. The van der Waals surface area contributed by atoms with Gasteiger partial charge in [-0.05, 0) is 140 Å². The third-order valence-electron chi connectivity index (χ3n) is 14.0. The van der Waals surface area contributed by atoms with Crippen LogP contribution < -0.4 is 0 Å². The molecule has 10 atom stereocenters. The summed E-state index contributed by atoms with van der Waals surface area (Å²) >= 11 is 0. The molecule has 5 aliphatic carbocycles. The number of hydrogen-bond acceptors (Lipinski definition) is 0. The molecule has 0 aromatic heterocycles. The normalized spacial score (nSPS) is 50.4. The summed E-state index contributed by atoms with van der Waals surface area (Å²) in [5, 5.41) is 0. The minimum Gasteiger partial charge on any atom is -0.106 e. The molecule has 0 aliphatic heterocycles. The molecule has 5 rings (SSSR count). The Balaban J connectivity index is 0.000000861. The summed E-state index contributed by atoms with van der Waals surface area (Å²) in [6.07, 6.45) is 19.5. The first-order valence-corrected chi connectivity index (χ1v) is 15.4. The number of hydrogen-bond donors (Lipinski definition) is 0. The van der Waals surface area contributed by atoms with E-state index in [1.807, 2.05) is 0 Å². The highest BCUT2D eigenvalue weighted by atomic mass is 14.7. The number of allylic oxidation sites excluding steroid dienone is 1. The van der Waals surface area contributed by atoms with Crippen LogP contribution >= 0.6 is 0 Å². The molecule has 0 aromatic rings. The van der Waals surface area contributed by atoms with E-state index < -0.39 is 0 Å². The molecule has 2 radical (unpaired) electrons. The van der Waals surface area contributed by atoms with E-state index in [-0.39, 0.29) is 0 Å². The Hall–Kier alpha value is -0.780. The molecular weight excluding hydrogens is 432 g/mol. The maximum Gasteiger partial charge on any atom is -0.0199 e. The maximum absolute atomic E-state index is 4.94. The Bertz CT molecular complexity index is 775. The van der Waals surface area contributed by atoms with Crippen LogP contribution in [0.5, 0.6) is 0 Å². The molecule has 0 saturated heterocycles. The van der Waals surface area contributed by atoms with Crippen LogP contribution in [0.2, 0.25) is 0 Å². The van der Waals surface area contributed by atoms with Crippen molar-refractivity contribution < 1.29 is 0 Å². The summed E-state index contributed by atoms with van der Waals surface area (Å²) < 4.78 is 0. The van der Waals surface area contributed by atoms with Gasteiger partial charge in [-0.25, -0.2) is 0 Å². The average molecular weight is 493 g/mol. The van der Waals surface area contributed by atoms with Crippen molar-refractivity contribution in [1.29, 1.82) is 0 Å². The maximum atomic E-state index is 4.94. The van der Waals surface area contributed by atoms with Gasteiger partial charge in [-0.1, -0.05) is 67.2 Å². The van der Waals surface area contributed by atoms with Crippen LogP contribution in [0.4, 0.5) is 0 Å².